The van der Waals surface area contributed by atoms with Gasteiger partial charge in [0, 0.05) is 13.1 Å². The number of carbonyl (C=O) groups is 1. The van der Waals surface area contributed by atoms with Gasteiger partial charge in [0.25, 0.3) is 0 Å². The summed E-state index contributed by atoms with van der Waals surface area (Å²) in [5.74, 6) is -0.0654. The summed E-state index contributed by atoms with van der Waals surface area (Å²) in [6, 6.07) is 0. The predicted octanol–water partition coefficient (Wildman–Crippen LogP) is 1.57. The molecule has 2 fully saturated rings. The number of hydrogen-bond donors (Lipinski definition) is 1. The van der Waals surface area contributed by atoms with Crippen molar-refractivity contribution in [1.82, 2.24) is 4.90 Å². The maximum absolute atomic E-state index is 11.7. The number of likely N-dealkylation sites (tertiary alicyclic amines) is 1. The molecule has 1 saturated carbocycles. The van der Waals surface area contributed by atoms with Crippen LogP contribution in [-0.4, -0.2) is 47.8 Å². The fourth-order valence-corrected chi connectivity index (χ4v) is 3.26. The van der Waals surface area contributed by atoms with Crippen LogP contribution in [0.1, 0.15) is 45.4 Å². The second-order valence-electron chi connectivity index (χ2n) is 5.76. The predicted molar refractivity (Wildman–Crippen MR) is 69.2 cm³/mol. The van der Waals surface area contributed by atoms with Gasteiger partial charge in [-0.15, -0.1) is 0 Å². The van der Waals surface area contributed by atoms with Gasteiger partial charge in [-0.1, -0.05) is 12.8 Å². The summed E-state index contributed by atoms with van der Waals surface area (Å²) in [7, 11) is 0. The van der Waals surface area contributed by atoms with Crippen molar-refractivity contribution in [2.45, 2.75) is 51.0 Å². The van der Waals surface area contributed by atoms with Crippen molar-refractivity contribution in [3.05, 3.63) is 0 Å². The van der Waals surface area contributed by atoms with Gasteiger partial charge in [-0.05, 0) is 39.2 Å². The summed E-state index contributed by atoms with van der Waals surface area (Å²) in [5, 5.41) is 10.4. The van der Waals surface area contributed by atoms with Crippen LogP contribution in [0.2, 0.25) is 0 Å². The van der Waals surface area contributed by atoms with Gasteiger partial charge in [0.15, 0.2) is 0 Å². The first-order chi connectivity index (χ1) is 8.63. The van der Waals surface area contributed by atoms with Gasteiger partial charge in [-0.25, -0.2) is 0 Å². The third kappa shape index (κ3) is 3.45. The van der Waals surface area contributed by atoms with Crippen LogP contribution in [0.3, 0.4) is 0 Å². The summed E-state index contributed by atoms with van der Waals surface area (Å²) < 4.78 is 5.10. The van der Waals surface area contributed by atoms with Gasteiger partial charge in [-0.3, -0.25) is 9.69 Å². The normalized spacial score (nSPS) is 28.2. The Hall–Kier alpha value is -0.610. The molecule has 4 heteroatoms. The second-order valence-corrected chi connectivity index (χ2v) is 5.76. The first kappa shape index (κ1) is 13.8. The summed E-state index contributed by atoms with van der Waals surface area (Å²) in [4.78, 5) is 14.0. The van der Waals surface area contributed by atoms with Gasteiger partial charge in [0.2, 0.25) is 0 Å². The standard InChI is InChI=1S/C14H25NO3/c1-2-18-13(16)12-6-5-9-15(10-12)11-14(17)7-3-4-8-14/h12,17H,2-11H2,1H3/t12-/m0/s1. The first-order valence-electron chi connectivity index (χ1n) is 7.24. The molecule has 0 aromatic heterocycles. The Morgan fingerprint density at radius 3 is 2.78 bits per heavy atom. The molecule has 104 valence electrons. The van der Waals surface area contributed by atoms with Crippen molar-refractivity contribution in [1.29, 1.82) is 0 Å². The average molecular weight is 255 g/mol. The monoisotopic (exact) mass is 255 g/mol. The fourth-order valence-electron chi connectivity index (χ4n) is 3.26. The van der Waals surface area contributed by atoms with E-state index in [4.69, 9.17) is 4.74 Å². The molecule has 1 N–H and O–H groups in total. The highest BCUT2D eigenvalue weighted by Crippen LogP contribution is 2.31. The smallest absolute Gasteiger partial charge is 0.310 e. The van der Waals surface area contributed by atoms with Crippen LogP contribution >= 0.6 is 0 Å². The molecule has 0 spiro atoms. The minimum absolute atomic E-state index is 0.00343. The molecule has 1 heterocycles. The Kier molecular flexibility index (Phi) is 4.62. The Labute approximate surface area is 109 Å². The lowest BCUT2D eigenvalue weighted by atomic mass is 9.95. The van der Waals surface area contributed by atoms with Crippen LogP contribution in [0.25, 0.3) is 0 Å². The molecule has 0 amide bonds. The number of β-amino-alcohol motifs (C(OH)–C–C–N with tert-alkyl or cyclic N) is 1. The highest BCUT2D eigenvalue weighted by atomic mass is 16.5. The molecular formula is C14H25NO3. The maximum Gasteiger partial charge on any atom is 0.310 e. The molecule has 0 aromatic rings. The van der Waals surface area contributed by atoms with Crippen molar-refractivity contribution < 1.29 is 14.6 Å². The molecule has 1 atom stereocenters. The van der Waals surface area contributed by atoms with E-state index in [1.54, 1.807) is 0 Å². The summed E-state index contributed by atoms with van der Waals surface area (Å²) in [6.07, 6.45) is 6.03. The number of hydrogen-bond acceptors (Lipinski definition) is 4. The Morgan fingerprint density at radius 1 is 1.39 bits per heavy atom. The maximum atomic E-state index is 11.7. The molecular weight excluding hydrogens is 230 g/mol. The SMILES string of the molecule is CCOC(=O)[C@H]1CCCN(CC2(O)CCCC2)C1. The number of carbonyl (C=O) groups excluding carboxylic acids is 1. The number of rotatable bonds is 4. The van der Waals surface area contributed by atoms with Gasteiger partial charge in [-0.2, -0.15) is 0 Å². The molecule has 18 heavy (non-hydrogen) atoms. The van der Waals surface area contributed by atoms with Crippen molar-refractivity contribution in [3.8, 4) is 0 Å². The Balaban J connectivity index is 1.84. The molecule has 0 radical (unpaired) electrons. The van der Waals surface area contributed by atoms with E-state index >= 15 is 0 Å². The van der Waals surface area contributed by atoms with Gasteiger partial charge in [0.05, 0.1) is 18.1 Å². The lowest BCUT2D eigenvalue weighted by Gasteiger charge is -2.36. The lowest BCUT2D eigenvalue weighted by molar-refractivity contribution is -0.150. The minimum atomic E-state index is -0.503. The summed E-state index contributed by atoms with van der Waals surface area (Å²) in [5.41, 5.74) is -0.503. The Morgan fingerprint density at radius 2 is 2.11 bits per heavy atom. The van der Waals surface area contributed by atoms with Crippen LogP contribution in [0.15, 0.2) is 0 Å². The minimum Gasteiger partial charge on any atom is -0.466 e. The van der Waals surface area contributed by atoms with Crippen LogP contribution in [0.5, 0.6) is 0 Å². The molecule has 2 aliphatic rings. The number of piperidine rings is 1. The van der Waals surface area contributed by atoms with E-state index in [-0.39, 0.29) is 11.9 Å². The molecule has 0 aromatic carbocycles. The van der Waals surface area contributed by atoms with E-state index in [1.165, 1.54) is 0 Å². The number of ether oxygens (including phenoxy) is 1. The van der Waals surface area contributed by atoms with Crippen LogP contribution < -0.4 is 0 Å². The fraction of sp³-hybridized carbons (Fsp3) is 0.929. The molecule has 0 bridgehead atoms. The molecule has 1 saturated heterocycles. The summed E-state index contributed by atoms with van der Waals surface area (Å²) >= 11 is 0. The summed E-state index contributed by atoms with van der Waals surface area (Å²) in [6.45, 7) is 4.78. The number of nitrogens with zero attached hydrogens (tertiary/aromatic N) is 1. The van der Waals surface area contributed by atoms with E-state index < -0.39 is 5.60 Å². The van der Waals surface area contributed by atoms with E-state index in [1.807, 2.05) is 6.92 Å². The molecule has 4 nitrogen and oxygen atoms in total. The average Bonchev–Trinajstić information content (AvgIpc) is 2.76. The number of aliphatic hydroxyl groups is 1. The van der Waals surface area contributed by atoms with Crippen molar-refractivity contribution in [2.75, 3.05) is 26.2 Å². The second kappa shape index (κ2) is 6.02. The van der Waals surface area contributed by atoms with Crippen molar-refractivity contribution in [3.63, 3.8) is 0 Å². The number of esters is 1. The van der Waals surface area contributed by atoms with Gasteiger partial charge in [0.1, 0.15) is 0 Å². The van der Waals surface area contributed by atoms with Crippen molar-refractivity contribution >= 4 is 5.97 Å². The lowest BCUT2D eigenvalue weighted by Crippen LogP contribution is -2.47. The largest absolute Gasteiger partial charge is 0.466 e. The van der Waals surface area contributed by atoms with Crippen LogP contribution in [0, 0.1) is 5.92 Å². The highest BCUT2D eigenvalue weighted by Gasteiger charge is 2.35. The molecule has 0 unspecified atom stereocenters. The third-order valence-electron chi connectivity index (χ3n) is 4.18. The zero-order valence-electron chi connectivity index (χ0n) is 11.4. The van der Waals surface area contributed by atoms with Gasteiger partial charge >= 0.3 is 5.97 Å². The highest BCUT2D eigenvalue weighted by molar-refractivity contribution is 5.72. The quantitative estimate of drug-likeness (QED) is 0.775. The van der Waals surface area contributed by atoms with E-state index in [9.17, 15) is 9.90 Å². The molecule has 1 aliphatic carbocycles. The molecule has 1 aliphatic heterocycles. The topological polar surface area (TPSA) is 49.8 Å². The van der Waals surface area contributed by atoms with Gasteiger partial charge < -0.3 is 9.84 Å². The van der Waals surface area contributed by atoms with Crippen LogP contribution in [-0.2, 0) is 9.53 Å². The Bertz CT molecular complexity index is 287. The zero-order chi connectivity index (χ0) is 13.0. The van der Waals surface area contributed by atoms with E-state index in [2.05, 4.69) is 4.90 Å². The zero-order valence-corrected chi connectivity index (χ0v) is 11.4. The van der Waals surface area contributed by atoms with E-state index in [0.717, 1.165) is 58.2 Å². The van der Waals surface area contributed by atoms with E-state index in [0.29, 0.717) is 6.61 Å². The van der Waals surface area contributed by atoms with Crippen LogP contribution in [0.4, 0.5) is 0 Å². The first-order valence-corrected chi connectivity index (χ1v) is 7.24. The molecule has 2 rings (SSSR count). The van der Waals surface area contributed by atoms with Crippen molar-refractivity contribution in [2.24, 2.45) is 5.92 Å². The third-order valence-corrected chi connectivity index (χ3v) is 4.18.